The molecule has 3 atom stereocenters. The maximum Gasteiger partial charge on any atom is 0.234 e. The molecule has 2 rings (SSSR count). The van der Waals surface area contributed by atoms with Crippen molar-refractivity contribution in [2.24, 2.45) is 5.92 Å². The van der Waals surface area contributed by atoms with E-state index in [0.717, 1.165) is 45.2 Å². The summed E-state index contributed by atoms with van der Waals surface area (Å²) in [6.45, 7) is 6.32. The average Bonchev–Trinajstić information content (AvgIpc) is 2.38. The van der Waals surface area contributed by atoms with Crippen molar-refractivity contribution in [1.29, 1.82) is 0 Å². The number of nitrogens with zero attached hydrogens (tertiary/aromatic N) is 1. The number of hydrogen-bond acceptors (Lipinski definition) is 3. The molecule has 0 bridgehead atoms. The molecular formula is C15H28N2O2. The van der Waals surface area contributed by atoms with Crippen molar-refractivity contribution in [2.45, 2.75) is 64.0 Å². The van der Waals surface area contributed by atoms with E-state index < -0.39 is 5.60 Å². The Kier molecular flexibility index (Phi) is 4.85. The molecular weight excluding hydrogens is 240 g/mol. The maximum absolute atomic E-state index is 11.9. The predicted molar refractivity (Wildman–Crippen MR) is 75.9 cm³/mol. The molecule has 2 fully saturated rings. The molecule has 110 valence electrons. The van der Waals surface area contributed by atoms with Crippen LogP contribution in [-0.4, -0.2) is 47.2 Å². The van der Waals surface area contributed by atoms with Gasteiger partial charge in [0.25, 0.3) is 0 Å². The lowest BCUT2D eigenvalue weighted by Crippen LogP contribution is -2.55. The van der Waals surface area contributed by atoms with Gasteiger partial charge in [-0.2, -0.15) is 0 Å². The molecule has 0 aromatic rings. The molecule has 1 aliphatic heterocycles. The van der Waals surface area contributed by atoms with E-state index in [4.69, 9.17) is 0 Å². The van der Waals surface area contributed by atoms with Crippen molar-refractivity contribution in [2.75, 3.05) is 19.6 Å². The molecule has 1 saturated heterocycles. The van der Waals surface area contributed by atoms with Crippen LogP contribution in [-0.2, 0) is 4.79 Å². The number of nitrogens with one attached hydrogen (secondary N) is 1. The van der Waals surface area contributed by atoms with Gasteiger partial charge < -0.3 is 10.4 Å². The number of rotatable bonds is 4. The van der Waals surface area contributed by atoms with Crippen LogP contribution < -0.4 is 5.32 Å². The minimum Gasteiger partial charge on any atom is -0.390 e. The molecule has 1 aliphatic carbocycles. The highest BCUT2D eigenvalue weighted by Crippen LogP contribution is 2.39. The van der Waals surface area contributed by atoms with Gasteiger partial charge in [0.05, 0.1) is 12.1 Å². The van der Waals surface area contributed by atoms with E-state index in [0.29, 0.717) is 12.5 Å². The third-order valence-corrected chi connectivity index (χ3v) is 4.90. The summed E-state index contributed by atoms with van der Waals surface area (Å²) in [5.74, 6) is 0.488. The summed E-state index contributed by atoms with van der Waals surface area (Å²) in [4.78, 5) is 14.1. The first-order valence-corrected chi connectivity index (χ1v) is 7.77. The third kappa shape index (κ3) is 3.69. The van der Waals surface area contributed by atoms with E-state index in [-0.39, 0.29) is 11.9 Å². The molecule has 19 heavy (non-hydrogen) atoms. The van der Waals surface area contributed by atoms with E-state index in [1.54, 1.807) is 0 Å². The van der Waals surface area contributed by atoms with Crippen LogP contribution in [0.4, 0.5) is 0 Å². The van der Waals surface area contributed by atoms with Gasteiger partial charge in [0, 0.05) is 25.0 Å². The minimum absolute atomic E-state index is 0.121. The van der Waals surface area contributed by atoms with Crippen molar-refractivity contribution < 1.29 is 9.90 Å². The lowest BCUT2D eigenvalue weighted by Gasteiger charge is -2.47. The Balaban J connectivity index is 1.82. The second-order valence-electron chi connectivity index (χ2n) is 6.41. The van der Waals surface area contributed by atoms with Gasteiger partial charge in [0.2, 0.25) is 5.91 Å². The molecule has 1 amide bonds. The summed E-state index contributed by atoms with van der Waals surface area (Å²) in [5.41, 5.74) is -0.443. The minimum atomic E-state index is -0.443. The Morgan fingerprint density at radius 2 is 2.26 bits per heavy atom. The first-order chi connectivity index (χ1) is 9.03. The van der Waals surface area contributed by atoms with Crippen LogP contribution in [0.3, 0.4) is 0 Å². The topological polar surface area (TPSA) is 52.6 Å². The Morgan fingerprint density at radius 1 is 1.47 bits per heavy atom. The van der Waals surface area contributed by atoms with Gasteiger partial charge in [-0.3, -0.25) is 9.69 Å². The highest BCUT2D eigenvalue weighted by molar-refractivity contribution is 5.78. The second-order valence-corrected chi connectivity index (χ2v) is 6.41. The van der Waals surface area contributed by atoms with Crippen molar-refractivity contribution in [3.8, 4) is 0 Å². The quantitative estimate of drug-likeness (QED) is 0.813. The van der Waals surface area contributed by atoms with Gasteiger partial charge in [0.15, 0.2) is 0 Å². The SMILES string of the molecule is CCC(C)NC(=O)CN1CCC2(O)CCCCC2C1. The average molecular weight is 268 g/mol. The fraction of sp³-hybridized carbons (Fsp3) is 0.933. The summed E-state index contributed by atoms with van der Waals surface area (Å²) < 4.78 is 0. The van der Waals surface area contributed by atoms with Crippen LogP contribution in [0.2, 0.25) is 0 Å². The number of aliphatic hydroxyl groups is 1. The Morgan fingerprint density at radius 3 is 3.00 bits per heavy atom. The number of carbonyl (C=O) groups excluding carboxylic acids is 1. The predicted octanol–water partition coefficient (Wildman–Crippen LogP) is 1.53. The fourth-order valence-corrected chi connectivity index (χ4v) is 3.41. The monoisotopic (exact) mass is 268 g/mol. The summed E-state index contributed by atoms with van der Waals surface area (Å²) >= 11 is 0. The Labute approximate surface area is 116 Å². The number of amides is 1. The first-order valence-electron chi connectivity index (χ1n) is 7.77. The molecule has 2 N–H and O–H groups in total. The molecule has 2 aliphatic rings. The van der Waals surface area contributed by atoms with E-state index in [1.807, 2.05) is 6.92 Å². The van der Waals surface area contributed by atoms with Crippen molar-refractivity contribution in [1.82, 2.24) is 10.2 Å². The third-order valence-electron chi connectivity index (χ3n) is 4.90. The van der Waals surface area contributed by atoms with E-state index in [9.17, 15) is 9.90 Å². The highest BCUT2D eigenvalue weighted by atomic mass is 16.3. The van der Waals surface area contributed by atoms with Crippen LogP contribution in [0.15, 0.2) is 0 Å². The van der Waals surface area contributed by atoms with Crippen LogP contribution in [0.1, 0.15) is 52.4 Å². The number of likely N-dealkylation sites (tertiary alicyclic amines) is 1. The van der Waals surface area contributed by atoms with Crippen molar-refractivity contribution in [3.05, 3.63) is 0 Å². The standard InChI is InChI=1S/C15H28N2O2/c1-3-12(2)16-14(18)11-17-9-8-15(19)7-5-4-6-13(15)10-17/h12-13,19H,3-11H2,1-2H3,(H,16,18). The number of hydrogen-bond donors (Lipinski definition) is 2. The van der Waals surface area contributed by atoms with Crippen LogP contribution in [0, 0.1) is 5.92 Å². The highest BCUT2D eigenvalue weighted by Gasteiger charge is 2.42. The number of piperidine rings is 1. The normalized spacial score (nSPS) is 33.5. The molecule has 0 spiro atoms. The molecule has 0 radical (unpaired) electrons. The summed E-state index contributed by atoms with van der Waals surface area (Å²) in [7, 11) is 0. The smallest absolute Gasteiger partial charge is 0.234 e. The maximum atomic E-state index is 11.9. The zero-order valence-electron chi connectivity index (χ0n) is 12.3. The van der Waals surface area contributed by atoms with Gasteiger partial charge in [-0.15, -0.1) is 0 Å². The van der Waals surface area contributed by atoms with Crippen LogP contribution in [0.5, 0.6) is 0 Å². The van der Waals surface area contributed by atoms with Crippen LogP contribution in [0.25, 0.3) is 0 Å². The lowest BCUT2D eigenvalue weighted by molar-refractivity contribution is -0.128. The molecule has 3 unspecified atom stereocenters. The summed E-state index contributed by atoms with van der Waals surface area (Å²) in [5, 5.41) is 13.6. The zero-order valence-corrected chi connectivity index (χ0v) is 12.3. The largest absolute Gasteiger partial charge is 0.390 e. The van der Waals surface area contributed by atoms with Gasteiger partial charge in [-0.05, 0) is 32.6 Å². The fourth-order valence-electron chi connectivity index (χ4n) is 3.41. The summed E-state index contributed by atoms with van der Waals surface area (Å²) in [6, 6.07) is 0.254. The molecule has 1 heterocycles. The number of fused-ring (bicyclic) bond motifs is 1. The lowest BCUT2D eigenvalue weighted by atomic mass is 9.71. The Bertz CT molecular complexity index is 321. The summed E-state index contributed by atoms with van der Waals surface area (Å²) in [6.07, 6.45) is 6.23. The molecule has 4 nitrogen and oxygen atoms in total. The molecule has 0 aromatic carbocycles. The molecule has 0 aromatic heterocycles. The van der Waals surface area contributed by atoms with Crippen molar-refractivity contribution >= 4 is 5.91 Å². The van der Waals surface area contributed by atoms with E-state index in [2.05, 4.69) is 17.1 Å². The van der Waals surface area contributed by atoms with Gasteiger partial charge in [-0.1, -0.05) is 19.8 Å². The molecule has 4 heteroatoms. The van der Waals surface area contributed by atoms with Gasteiger partial charge in [0.1, 0.15) is 0 Å². The van der Waals surface area contributed by atoms with E-state index in [1.165, 1.54) is 6.42 Å². The number of carbonyl (C=O) groups is 1. The molecule has 1 saturated carbocycles. The van der Waals surface area contributed by atoms with Crippen molar-refractivity contribution in [3.63, 3.8) is 0 Å². The van der Waals surface area contributed by atoms with Gasteiger partial charge in [-0.25, -0.2) is 0 Å². The first kappa shape index (κ1) is 14.8. The van der Waals surface area contributed by atoms with Gasteiger partial charge >= 0.3 is 0 Å². The zero-order chi connectivity index (χ0) is 13.9. The Hall–Kier alpha value is -0.610. The second kappa shape index (κ2) is 6.23. The van der Waals surface area contributed by atoms with E-state index >= 15 is 0 Å². The van der Waals surface area contributed by atoms with Crippen LogP contribution >= 0.6 is 0 Å².